The first-order chi connectivity index (χ1) is 7.68. The van der Waals surface area contributed by atoms with E-state index in [9.17, 15) is 0 Å². The molecule has 0 aliphatic carbocycles. The number of hydrogen-bond acceptors (Lipinski definition) is 4. The second kappa shape index (κ2) is 4.84. The smallest absolute Gasteiger partial charge is 0.117 e. The standard InChI is InChI=1S/C11H10BrN3S/c1-7-8(13)6-15-11(10(7)12)16-9-4-2-3-5-14-9/h2-6H,13H2,1H3. The number of nitrogens with zero attached hydrogens (tertiary/aromatic N) is 2. The van der Waals surface area contributed by atoms with Gasteiger partial charge < -0.3 is 5.73 Å². The molecule has 0 radical (unpaired) electrons. The lowest BCUT2D eigenvalue weighted by Gasteiger charge is -2.07. The van der Waals surface area contributed by atoms with Crippen LogP contribution in [0, 0.1) is 6.92 Å². The molecule has 3 nitrogen and oxygen atoms in total. The summed E-state index contributed by atoms with van der Waals surface area (Å²) in [6.45, 7) is 1.96. The summed E-state index contributed by atoms with van der Waals surface area (Å²) in [7, 11) is 0. The minimum Gasteiger partial charge on any atom is -0.397 e. The fourth-order valence-corrected chi connectivity index (χ4v) is 2.53. The Balaban J connectivity index is 2.33. The molecule has 0 aromatic carbocycles. The van der Waals surface area contributed by atoms with E-state index in [-0.39, 0.29) is 0 Å². The maximum absolute atomic E-state index is 5.77. The molecular formula is C11H10BrN3S. The summed E-state index contributed by atoms with van der Waals surface area (Å²) in [6, 6.07) is 5.79. The van der Waals surface area contributed by atoms with Crippen molar-refractivity contribution in [1.82, 2.24) is 9.97 Å². The van der Waals surface area contributed by atoms with E-state index < -0.39 is 0 Å². The summed E-state index contributed by atoms with van der Waals surface area (Å²) in [6.07, 6.45) is 3.44. The highest BCUT2D eigenvalue weighted by atomic mass is 79.9. The van der Waals surface area contributed by atoms with Gasteiger partial charge in [-0.05, 0) is 52.3 Å². The van der Waals surface area contributed by atoms with Gasteiger partial charge in [-0.25, -0.2) is 9.97 Å². The fourth-order valence-electron chi connectivity index (χ4n) is 1.15. The van der Waals surface area contributed by atoms with E-state index in [2.05, 4.69) is 25.9 Å². The number of nitrogens with two attached hydrogens (primary N) is 1. The number of halogens is 1. The molecule has 16 heavy (non-hydrogen) atoms. The Bertz CT molecular complexity index is 502. The summed E-state index contributed by atoms with van der Waals surface area (Å²) in [4.78, 5) is 8.52. The van der Waals surface area contributed by atoms with Gasteiger partial charge in [0, 0.05) is 6.20 Å². The molecule has 2 rings (SSSR count). The van der Waals surface area contributed by atoms with Crippen LogP contribution in [0.25, 0.3) is 0 Å². The molecule has 5 heteroatoms. The molecule has 0 saturated carbocycles. The molecule has 0 spiro atoms. The monoisotopic (exact) mass is 295 g/mol. The van der Waals surface area contributed by atoms with Gasteiger partial charge in [0.05, 0.1) is 16.4 Å². The van der Waals surface area contributed by atoms with Gasteiger partial charge in [-0.1, -0.05) is 6.07 Å². The number of pyridine rings is 2. The Labute approximate surface area is 107 Å². The van der Waals surface area contributed by atoms with Gasteiger partial charge in [0.15, 0.2) is 0 Å². The number of nitrogen functional groups attached to an aromatic ring is 1. The van der Waals surface area contributed by atoms with Gasteiger partial charge in [-0.2, -0.15) is 0 Å². The minimum atomic E-state index is 0.692. The van der Waals surface area contributed by atoms with Crippen molar-refractivity contribution in [3.63, 3.8) is 0 Å². The molecule has 2 aromatic rings. The first kappa shape index (κ1) is 11.4. The van der Waals surface area contributed by atoms with Crippen molar-refractivity contribution in [2.45, 2.75) is 17.0 Å². The van der Waals surface area contributed by atoms with Crippen LogP contribution in [0.4, 0.5) is 5.69 Å². The Morgan fingerprint density at radius 2 is 2.12 bits per heavy atom. The predicted molar refractivity (Wildman–Crippen MR) is 69.4 cm³/mol. The maximum Gasteiger partial charge on any atom is 0.117 e. The number of anilines is 1. The van der Waals surface area contributed by atoms with Crippen LogP contribution in [-0.2, 0) is 0 Å². The van der Waals surface area contributed by atoms with E-state index in [1.165, 1.54) is 11.8 Å². The SMILES string of the molecule is Cc1c(N)cnc(Sc2ccccn2)c1Br. The van der Waals surface area contributed by atoms with Gasteiger partial charge in [-0.3, -0.25) is 0 Å². The van der Waals surface area contributed by atoms with Crippen LogP contribution in [0.5, 0.6) is 0 Å². The van der Waals surface area contributed by atoms with Crippen LogP contribution < -0.4 is 5.73 Å². The van der Waals surface area contributed by atoms with E-state index >= 15 is 0 Å². The second-order valence-electron chi connectivity index (χ2n) is 3.23. The van der Waals surface area contributed by atoms with Gasteiger partial charge in [0.25, 0.3) is 0 Å². The first-order valence-corrected chi connectivity index (χ1v) is 6.29. The molecule has 82 valence electrons. The lowest BCUT2D eigenvalue weighted by Crippen LogP contribution is -1.94. The average molecular weight is 296 g/mol. The zero-order valence-corrected chi connectivity index (χ0v) is 11.0. The van der Waals surface area contributed by atoms with Gasteiger partial charge in [0.1, 0.15) is 10.1 Å². The Morgan fingerprint density at radius 3 is 2.81 bits per heavy atom. The Kier molecular flexibility index (Phi) is 3.46. The topological polar surface area (TPSA) is 51.8 Å². The molecule has 2 N–H and O–H groups in total. The van der Waals surface area contributed by atoms with E-state index in [1.54, 1.807) is 12.4 Å². The van der Waals surface area contributed by atoms with Crippen molar-refractivity contribution in [3.8, 4) is 0 Å². The second-order valence-corrected chi connectivity index (χ2v) is 5.03. The summed E-state index contributed by atoms with van der Waals surface area (Å²) in [5.74, 6) is 0. The highest BCUT2D eigenvalue weighted by Gasteiger charge is 2.09. The summed E-state index contributed by atoms with van der Waals surface area (Å²) in [5, 5.41) is 1.80. The summed E-state index contributed by atoms with van der Waals surface area (Å²) >= 11 is 5.01. The average Bonchev–Trinajstić information content (AvgIpc) is 2.31. The number of rotatable bonds is 2. The van der Waals surface area contributed by atoms with Gasteiger partial charge in [0.2, 0.25) is 0 Å². The van der Waals surface area contributed by atoms with Crippen molar-refractivity contribution in [2.24, 2.45) is 0 Å². The number of aromatic nitrogens is 2. The van der Waals surface area contributed by atoms with Crippen molar-refractivity contribution in [1.29, 1.82) is 0 Å². The molecule has 0 amide bonds. The lowest BCUT2D eigenvalue weighted by molar-refractivity contribution is 1.07. The predicted octanol–water partition coefficient (Wildman–Crippen LogP) is 3.28. The van der Waals surface area contributed by atoms with Crippen molar-refractivity contribution in [2.75, 3.05) is 5.73 Å². The molecular weight excluding hydrogens is 286 g/mol. The third kappa shape index (κ3) is 2.36. The van der Waals surface area contributed by atoms with Crippen LogP contribution >= 0.6 is 27.7 Å². The third-order valence-electron chi connectivity index (χ3n) is 2.11. The largest absolute Gasteiger partial charge is 0.397 e. The Morgan fingerprint density at radius 1 is 1.31 bits per heavy atom. The molecule has 2 heterocycles. The highest BCUT2D eigenvalue weighted by molar-refractivity contribution is 9.10. The van der Waals surface area contributed by atoms with Crippen molar-refractivity contribution < 1.29 is 0 Å². The normalized spacial score (nSPS) is 10.4. The zero-order chi connectivity index (χ0) is 11.5. The quantitative estimate of drug-likeness (QED) is 0.924. The van der Waals surface area contributed by atoms with E-state index in [4.69, 9.17) is 5.73 Å². The van der Waals surface area contributed by atoms with E-state index in [0.717, 1.165) is 20.1 Å². The lowest BCUT2D eigenvalue weighted by atomic mass is 10.3. The fraction of sp³-hybridized carbons (Fsp3) is 0.0909. The van der Waals surface area contributed by atoms with Crippen LogP contribution in [0.15, 0.2) is 45.1 Å². The molecule has 2 aromatic heterocycles. The molecule has 0 unspecified atom stereocenters. The van der Waals surface area contributed by atoms with Crippen LogP contribution in [0.1, 0.15) is 5.56 Å². The maximum atomic E-state index is 5.77. The van der Waals surface area contributed by atoms with Crippen molar-refractivity contribution in [3.05, 3.63) is 40.6 Å². The van der Waals surface area contributed by atoms with Crippen LogP contribution in [0.2, 0.25) is 0 Å². The van der Waals surface area contributed by atoms with Crippen molar-refractivity contribution >= 4 is 33.4 Å². The molecule has 0 aliphatic heterocycles. The highest BCUT2D eigenvalue weighted by Crippen LogP contribution is 2.34. The van der Waals surface area contributed by atoms with Crippen LogP contribution in [0.3, 0.4) is 0 Å². The molecule has 0 bridgehead atoms. The first-order valence-electron chi connectivity index (χ1n) is 4.68. The minimum absolute atomic E-state index is 0.692. The van der Waals surface area contributed by atoms with E-state index in [0.29, 0.717) is 5.69 Å². The molecule has 0 aliphatic rings. The zero-order valence-electron chi connectivity index (χ0n) is 8.64. The van der Waals surface area contributed by atoms with Gasteiger partial charge in [-0.15, -0.1) is 0 Å². The van der Waals surface area contributed by atoms with Crippen LogP contribution in [-0.4, -0.2) is 9.97 Å². The summed E-state index contributed by atoms with van der Waals surface area (Å²) < 4.78 is 0.933. The van der Waals surface area contributed by atoms with Gasteiger partial charge >= 0.3 is 0 Å². The Hall–Kier alpha value is -1.07. The molecule has 0 atom stereocenters. The summed E-state index contributed by atoms with van der Waals surface area (Å²) in [5.41, 5.74) is 7.47. The molecule has 0 saturated heterocycles. The van der Waals surface area contributed by atoms with E-state index in [1.807, 2.05) is 25.1 Å². The number of hydrogen-bond donors (Lipinski definition) is 1. The third-order valence-corrected chi connectivity index (χ3v) is 4.30. The molecule has 0 fully saturated rings.